The molecule has 0 aromatic carbocycles. The largest absolute Gasteiger partial charge is 0.431 e. The Morgan fingerprint density at radius 2 is 0.625 bits per heavy atom. The predicted molar refractivity (Wildman–Crippen MR) is 16.4 cm³/mol. The van der Waals surface area contributed by atoms with E-state index in [9.17, 15) is 23.3 Å². The molecule has 0 aliphatic heterocycles. The Hall–Kier alpha value is -0.110. The number of hydrogen-bond donors (Lipinski definition) is 0. The summed E-state index contributed by atoms with van der Waals surface area (Å²) < 4.78 is 59.1. The molecule has 0 saturated carbocycles. The Morgan fingerprint density at radius 3 is 0.625 bits per heavy atom. The molecule has 0 aromatic rings. The molecule has 0 aromatic heterocycles. The highest BCUT2D eigenvalue weighted by atomic mass is 32.5. The molecule has 0 heterocycles. The molecule has 0 spiro atoms. The summed E-state index contributed by atoms with van der Waals surface area (Å²) in [7, 11) is -10.5. The van der Waals surface area contributed by atoms with Crippen molar-refractivity contribution in [3.05, 3.63) is 0 Å². The van der Waals surface area contributed by atoms with Crippen molar-refractivity contribution in [1.82, 2.24) is 6.15 Å². The second kappa shape index (κ2) is 1.08. The highest BCUT2D eigenvalue weighted by Crippen LogP contribution is 2.99. The first-order chi connectivity index (χ1) is 2.45. The van der Waals surface area contributed by atoms with E-state index < -0.39 is 10.6 Å². The van der Waals surface area contributed by atoms with Crippen LogP contribution >= 0.6 is 10.6 Å². The van der Waals surface area contributed by atoms with Crippen LogP contribution in [0.1, 0.15) is 0 Å². The van der Waals surface area contributed by atoms with Gasteiger partial charge in [-0.3, -0.25) is 0 Å². The maximum Gasteiger partial charge on any atom is 0.431 e. The Balaban J connectivity index is 0. The van der Waals surface area contributed by atoms with Crippen molar-refractivity contribution in [2.24, 2.45) is 0 Å². The molecule has 0 amide bonds. The average Bonchev–Trinajstić information content (AvgIpc) is 0.592. The lowest BCUT2D eigenvalue weighted by molar-refractivity contribution is 0.291. The summed E-state index contributed by atoms with van der Waals surface area (Å²) in [5, 5.41) is 0. The molecule has 0 N–H and O–H groups in total. The first-order valence-electron chi connectivity index (χ1n) is 0.926. The van der Waals surface area contributed by atoms with Gasteiger partial charge in [0.25, 0.3) is 0 Å². The number of rotatable bonds is 0. The molecule has 0 fully saturated rings. The van der Waals surface area contributed by atoms with Crippen molar-refractivity contribution in [2.45, 2.75) is 0 Å². The van der Waals surface area contributed by atoms with Crippen LogP contribution in [-0.2, 0) is 0 Å². The van der Waals surface area contributed by atoms with Gasteiger partial charge in [0, 0.05) is 6.15 Å². The highest BCUT2D eigenvalue weighted by Gasteiger charge is 2.64. The van der Waals surface area contributed by atoms with E-state index in [2.05, 4.69) is 0 Å². The topological polar surface area (TPSA) is 30.5 Å². The van der Waals surface area contributed by atoms with Gasteiger partial charge in [-0.05, 0) is 0 Å². The maximum absolute atomic E-state index is 10.5. The van der Waals surface area contributed by atoms with Crippen LogP contribution in [0.4, 0.5) is 23.3 Å². The second-order valence-electron chi connectivity index (χ2n) is 0.875. The molecule has 0 aliphatic carbocycles. The summed E-state index contributed by atoms with van der Waals surface area (Å²) in [6, 6.07) is 0. The molecule has 0 rings (SSSR count). The van der Waals surface area contributed by atoms with Crippen LogP contribution in [0.25, 0.3) is 0 Å². The third kappa shape index (κ3) is 11600. The maximum atomic E-state index is 9.85. The Morgan fingerprint density at radius 1 is 0.625 bits per heavy atom. The minimum absolute atomic E-state index is 0. The van der Waals surface area contributed by atoms with Crippen molar-refractivity contribution in [1.29, 1.82) is 0 Å². The summed E-state index contributed by atoms with van der Waals surface area (Å²) in [6.45, 7) is 0. The van der Waals surface area contributed by atoms with Gasteiger partial charge < -0.3 is 0 Å². The van der Waals surface area contributed by atoms with Crippen molar-refractivity contribution >= 4 is 10.6 Å². The van der Waals surface area contributed by atoms with E-state index in [0.717, 1.165) is 0 Å². The minimum Gasteiger partial charge on any atom is -0.0719 e. The lowest BCUT2D eigenvalue weighted by Crippen LogP contribution is -1.92. The fraction of sp³-hybridized carbons (Fsp3) is 0. The molecule has 53 valence electrons. The number of nitrogens with zero attached hydrogens (tertiary/aromatic N) is 1. The summed E-state index contributed by atoms with van der Waals surface area (Å²) in [6.07, 6.45) is 0. The van der Waals surface area contributed by atoms with E-state index >= 15 is 0 Å². The molecule has 8 heavy (non-hydrogen) atoms. The van der Waals surface area contributed by atoms with Crippen LogP contribution in [0.5, 0.6) is 0 Å². The van der Waals surface area contributed by atoms with Gasteiger partial charge in [-0.2, -0.15) is 0 Å². The van der Waals surface area contributed by atoms with Crippen LogP contribution in [0.2, 0.25) is 0 Å². The van der Waals surface area contributed by atoms with Crippen LogP contribution in [0, 0.1) is 0 Å². The lowest BCUT2D eigenvalue weighted by Gasteiger charge is -2.28. The number of hydrogen-bond acceptors (Lipinski definition) is 0. The van der Waals surface area contributed by atoms with E-state index in [-0.39, 0.29) is 6.15 Å². The van der Waals surface area contributed by atoms with Crippen LogP contribution in [0.3, 0.4) is 0 Å². The third-order valence-corrected chi connectivity index (χ3v) is 0. The minimum atomic E-state index is -10.5. The van der Waals surface area contributed by atoms with Gasteiger partial charge in [-0.25, -0.2) is 0 Å². The van der Waals surface area contributed by atoms with Gasteiger partial charge in [0.2, 0.25) is 0 Å². The standard InChI is InChI=1S/F6S.N/c1-7(2,3,4,5)6;. The van der Waals surface area contributed by atoms with Gasteiger partial charge in [0.1, 0.15) is 0 Å². The van der Waals surface area contributed by atoms with Crippen LogP contribution < -0.4 is 6.15 Å². The fourth-order valence-electron chi connectivity index (χ4n) is 0. The van der Waals surface area contributed by atoms with E-state index in [4.69, 9.17) is 0 Å². The first-order valence-corrected chi connectivity index (χ1v) is 2.78. The van der Waals surface area contributed by atoms with Crippen molar-refractivity contribution < 1.29 is 23.3 Å². The molecule has 0 saturated heterocycles. The average molecular weight is 160 g/mol. The second-order valence-corrected chi connectivity index (χ2v) is 2.62. The van der Waals surface area contributed by atoms with Crippen molar-refractivity contribution in [3.63, 3.8) is 0 Å². The van der Waals surface area contributed by atoms with Gasteiger partial charge in [0.15, 0.2) is 0 Å². The van der Waals surface area contributed by atoms with E-state index in [1.165, 1.54) is 0 Å². The summed E-state index contributed by atoms with van der Waals surface area (Å²) >= 11 is 0. The smallest absolute Gasteiger partial charge is 0.0719 e. The van der Waals surface area contributed by atoms with Crippen molar-refractivity contribution in [3.8, 4) is 0 Å². The molecule has 0 atom stereocenters. The van der Waals surface area contributed by atoms with Crippen LogP contribution in [0.15, 0.2) is 0 Å². The van der Waals surface area contributed by atoms with Crippen molar-refractivity contribution in [2.75, 3.05) is 0 Å². The molecule has 1 nitrogen and oxygen atoms in total. The van der Waals surface area contributed by atoms with Gasteiger partial charge >= 0.3 is 10.6 Å². The quantitative estimate of drug-likeness (QED) is 0.487. The molecular weight excluding hydrogens is 160 g/mol. The SMILES string of the molecule is FS(F)(F)(F)(F)F.[N]. The van der Waals surface area contributed by atoms with E-state index in [0.29, 0.717) is 0 Å². The highest BCUT2D eigenvalue weighted by molar-refractivity contribution is 8.41. The van der Waals surface area contributed by atoms with Gasteiger partial charge in [-0.15, -0.1) is 0 Å². The van der Waals surface area contributed by atoms with E-state index in [1.807, 2.05) is 0 Å². The zero-order valence-electron chi connectivity index (χ0n) is 3.12. The molecule has 3 radical (unpaired) electrons. The van der Waals surface area contributed by atoms with Gasteiger partial charge in [-0.1, -0.05) is 23.3 Å². The molecule has 8 heteroatoms. The summed E-state index contributed by atoms with van der Waals surface area (Å²) in [5.41, 5.74) is 0. The van der Waals surface area contributed by atoms with E-state index in [1.54, 1.807) is 0 Å². The third-order valence-electron chi connectivity index (χ3n) is 0. The normalized spacial score (nSPS) is 20.2. The Kier molecular flexibility index (Phi) is 1.45. The summed E-state index contributed by atoms with van der Waals surface area (Å²) in [4.78, 5) is 0. The number of halogens is 6. The first kappa shape index (κ1) is 10.8. The molecule has 0 aliphatic rings. The fourth-order valence-corrected chi connectivity index (χ4v) is 0. The Labute approximate surface area is 41.3 Å². The zero-order chi connectivity index (χ0) is 6.41. The Bertz CT molecular complexity index is 67.1. The molecule has 0 unspecified atom stereocenters. The predicted octanol–water partition coefficient (Wildman–Crippen LogP) is 2.69. The zero-order valence-corrected chi connectivity index (χ0v) is 3.94. The summed E-state index contributed by atoms with van der Waals surface area (Å²) in [5.74, 6) is 0. The van der Waals surface area contributed by atoms with Crippen LogP contribution in [-0.4, -0.2) is 0 Å². The molecular formula is F6NS. The lowest BCUT2D eigenvalue weighted by atomic mass is 14.0. The monoisotopic (exact) mass is 160 g/mol. The molecule has 0 bridgehead atoms. The van der Waals surface area contributed by atoms with Gasteiger partial charge in [0.05, 0.1) is 0 Å².